The number of aromatic nitrogens is 2. The van der Waals surface area contributed by atoms with E-state index in [4.69, 9.17) is 9.84 Å². The zero-order valence-electron chi connectivity index (χ0n) is 15.3. The molecule has 0 radical (unpaired) electrons. The highest BCUT2D eigenvalue weighted by Gasteiger charge is 2.30. The van der Waals surface area contributed by atoms with Crippen molar-refractivity contribution >= 4 is 5.97 Å². The maximum Gasteiger partial charge on any atom is 0.354 e. The molecule has 0 bridgehead atoms. The number of rotatable bonds is 5. The Morgan fingerprint density at radius 1 is 1.19 bits per heavy atom. The Labute approximate surface area is 158 Å². The zero-order valence-corrected chi connectivity index (χ0v) is 15.3. The number of carboxylic acid groups (broad SMARTS) is 1. The van der Waals surface area contributed by atoms with Crippen molar-refractivity contribution in [1.82, 2.24) is 9.78 Å². The largest absolute Gasteiger partial charge is 0.476 e. The molecule has 0 saturated carbocycles. The second-order valence-corrected chi connectivity index (χ2v) is 6.90. The second-order valence-electron chi connectivity index (χ2n) is 6.90. The number of aryl methyl sites for hydroxylation is 1. The van der Waals surface area contributed by atoms with Gasteiger partial charge < -0.3 is 9.84 Å². The minimum absolute atomic E-state index is 0.272. The van der Waals surface area contributed by atoms with Crippen LogP contribution in [0.1, 0.15) is 45.2 Å². The summed E-state index contributed by atoms with van der Waals surface area (Å²) in [4.78, 5) is 12.1. The molecular weight excluding hydrogens is 340 g/mol. The molecule has 5 heteroatoms. The molecule has 3 aromatic rings. The number of methoxy groups -OCH3 is 1. The van der Waals surface area contributed by atoms with E-state index in [1.165, 1.54) is 5.56 Å². The van der Waals surface area contributed by atoms with Gasteiger partial charge in [0.15, 0.2) is 5.69 Å². The molecule has 4 rings (SSSR count). The third-order valence-corrected chi connectivity index (χ3v) is 5.24. The molecule has 138 valence electrons. The van der Waals surface area contributed by atoms with Gasteiger partial charge in [0.2, 0.25) is 0 Å². The van der Waals surface area contributed by atoms with Crippen LogP contribution in [0.25, 0.3) is 5.69 Å². The van der Waals surface area contributed by atoms with Crippen LogP contribution in [0.15, 0.2) is 54.6 Å². The predicted molar refractivity (Wildman–Crippen MR) is 102 cm³/mol. The Morgan fingerprint density at radius 2 is 1.93 bits per heavy atom. The Morgan fingerprint density at radius 3 is 2.67 bits per heavy atom. The van der Waals surface area contributed by atoms with Crippen LogP contribution in [0.5, 0.6) is 0 Å². The minimum atomic E-state index is -0.940. The molecule has 0 saturated heterocycles. The number of aromatic carboxylic acids is 1. The van der Waals surface area contributed by atoms with Crippen LogP contribution in [0.3, 0.4) is 0 Å². The van der Waals surface area contributed by atoms with Gasteiger partial charge >= 0.3 is 5.97 Å². The normalized spacial score (nSPS) is 16.1. The van der Waals surface area contributed by atoms with Crippen LogP contribution < -0.4 is 0 Å². The lowest BCUT2D eigenvalue weighted by molar-refractivity contribution is 0.0685. The number of hydrogen-bond acceptors (Lipinski definition) is 3. The summed E-state index contributed by atoms with van der Waals surface area (Å²) in [6.45, 7) is 0.409. The first kappa shape index (κ1) is 17.5. The van der Waals surface area contributed by atoms with Crippen molar-refractivity contribution in [3.05, 3.63) is 82.7 Å². The fraction of sp³-hybridized carbons (Fsp3) is 0.273. The van der Waals surface area contributed by atoms with Crippen LogP contribution in [0.4, 0.5) is 0 Å². The van der Waals surface area contributed by atoms with Gasteiger partial charge in [-0.3, -0.25) is 0 Å². The molecule has 27 heavy (non-hydrogen) atoms. The molecule has 1 aliphatic rings. The van der Waals surface area contributed by atoms with Gasteiger partial charge in [-0.25, -0.2) is 9.48 Å². The van der Waals surface area contributed by atoms with E-state index in [2.05, 4.69) is 12.1 Å². The molecule has 1 aliphatic carbocycles. The van der Waals surface area contributed by atoms with E-state index in [0.717, 1.165) is 35.3 Å². The maximum atomic E-state index is 12.1. The number of hydrogen-bond donors (Lipinski definition) is 1. The van der Waals surface area contributed by atoms with Gasteiger partial charge in [0.25, 0.3) is 0 Å². The molecule has 1 heterocycles. The zero-order chi connectivity index (χ0) is 18.8. The summed E-state index contributed by atoms with van der Waals surface area (Å²) in [6.07, 6.45) is 2.47. The van der Waals surface area contributed by atoms with Crippen molar-refractivity contribution in [2.24, 2.45) is 0 Å². The molecule has 0 aliphatic heterocycles. The van der Waals surface area contributed by atoms with Gasteiger partial charge in [-0.1, -0.05) is 48.5 Å². The van der Waals surface area contributed by atoms with E-state index in [0.29, 0.717) is 18.9 Å². The number of para-hydroxylation sites is 1. The Balaban J connectivity index is 1.79. The quantitative estimate of drug-likeness (QED) is 0.745. The number of ether oxygens (including phenoxy) is 1. The molecule has 0 spiro atoms. The van der Waals surface area contributed by atoms with E-state index in [1.807, 2.05) is 42.5 Å². The molecule has 1 aromatic heterocycles. The van der Waals surface area contributed by atoms with E-state index in [9.17, 15) is 9.90 Å². The van der Waals surface area contributed by atoms with Gasteiger partial charge in [0, 0.05) is 18.2 Å². The third kappa shape index (κ3) is 3.26. The van der Waals surface area contributed by atoms with Crippen molar-refractivity contribution in [3.63, 3.8) is 0 Å². The summed E-state index contributed by atoms with van der Waals surface area (Å²) in [5.74, 6) is -0.617. The number of carbonyl (C=O) groups is 1. The topological polar surface area (TPSA) is 64.4 Å². The highest BCUT2D eigenvalue weighted by atomic mass is 16.5. The lowest BCUT2D eigenvalue weighted by Crippen LogP contribution is -2.15. The Hall–Kier alpha value is -2.92. The lowest BCUT2D eigenvalue weighted by atomic mass is 9.82. The minimum Gasteiger partial charge on any atom is -0.476 e. The van der Waals surface area contributed by atoms with E-state index in [-0.39, 0.29) is 5.69 Å². The molecule has 1 atom stereocenters. The lowest BCUT2D eigenvalue weighted by Gasteiger charge is -2.22. The molecule has 0 fully saturated rings. The average molecular weight is 362 g/mol. The highest BCUT2D eigenvalue weighted by molar-refractivity contribution is 5.89. The average Bonchev–Trinajstić information content (AvgIpc) is 3.08. The summed E-state index contributed by atoms with van der Waals surface area (Å²) in [7, 11) is 1.63. The van der Waals surface area contributed by atoms with Crippen molar-refractivity contribution in [2.45, 2.75) is 31.8 Å². The van der Waals surface area contributed by atoms with Crippen molar-refractivity contribution < 1.29 is 14.6 Å². The summed E-state index contributed by atoms with van der Waals surface area (Å²) < 4.78 is 6.87. The Bertz CT molecular complexity index is 963. The fourth-order valence-corrected chi connectivity index (χ4v) is 3.97. The van der Waals surface area contributed by atoms with Crippen LogP contribution in [0, 0.1) is 0 Å². The number of carboxylic acids is 1. The smallest absolute Gasteiger partial charge is 0.354 e. The first-order valence-electron chi connectivity index (χ1n) is 9.15. The SMILES string of the molecule is COCc1ccccc1-n1nc2c(c1C(=O)O)CC(c1ccccc1)CC2. The number of nitrogens with zero attached hydrogens (tertiary/aromatic N) is 2. The number of benzene rings is 2. The standard InChI is InChI=1S/C22H22N2O3/c1-27-14-17-9-5-6-10-20(17)24-21(22(25)26)18-13-16(11-12-19(18)23-24)15-7-3-2-4-8-15/h2-10,16H,11-14H2,1H3,(H,25,26). The van der Waals surface area contributed by atoms with Crippen molar-refractivity contribution in [3.8, 4) is 5.69 Å². The molecular formula is C22H22N2O3. The number of fused-ring (bicyclic) bond motifs is 1. The fourth-order valence-electron chi connectivity index (χ4n) is 3.97. The summed E-state index contributed by atoms with van der Waals surface area (Å²) in [5.41, 5.74) is 4.96. The second kappa shape index (κ2) is 7.37. The van der Waals surface area contributed by atoms with Gasteiger partial charge in [0.1, 0.15) is 0 Å². The summed E-state index contributed by atoms with van der Waals surface area (Å²) >= 11 is 0. The monoisotopic (exact) mass is 362 g/mol. The molecule has 1 unspecified atom stereocenters. The predicted octanol–water partition coefficient (Wildman–Crippen LogP) is 3.99. The van der Waals surface area contributed by atoms with Crippen LogP contribution in [-0.4, -0.2) is 28.0 Å². The first-order chi connectivity index (χ1) is 13.2. The molecule has 5 nitrogen and oxygen atoms in total. The van der Waals surface area contributed by atoms with Crippen LogP contribution in [0.2, 0.25) is 0 Å². The maximum absolute atomic E-state index is 12.1. The summed E-state index contributed by atoms with van der Waals surface area (Å²) in [6, 6.07) is 18.0. The molecule has 2 aromatic carbocycles. The molecule has 0 amide bonds. The highest BCUT2D eigenvalue weighted by Crippen LogP contribution is 2.35. The van der Waals surface area contributed by atoms with Gasteiger partial charge in [-0.2, -0.15) is 5.10 Å². The summed E-state index contributed by atoms with van der Waals surface area (Å²) in [5, 5.41) is 14.7. The van der Waals surface area contributed by atoms with Gasteiger partial charge in [-0.05, 0) is 36.8 Å². The molecule has 1 N–H and O–H groups in total. The van der Waals surface area contributed by atoms with Gasteiger partial charge in [-0.15, -0.1) is 0 Å². The van der Waals surface area contributed by atoms with Crippen molar-refractivity contribution in [1.29, 1.82) is 0 Å². The van der Waals surface area contributed by atoms with E-state index < -0.39 is 5.97 Å². The van der Waals surface area contributed by atoms with Gasteiger partial charge in [0.05, 0.1) is 18.0 Å². The van der Waals surface area contributed by atoms with E-state index in [1.54, 1.807) is 11.8 Å². The Kier molecular flexibility index (Phi) is 4.77. The van der Waals surface area contributed by atoms with E-state index >= 15 is 0 Å². The van der Waals surface area contributed by atoms with Crippen LogP contribution >= 0.6 is 0 Å². The third-order valence-electron chi connectivity index (χ3n) is 5.24. The van der Waals surface area contributed by atoms with Crippen molar-refractivity contribution in [2.75, 3.05) is 7.11 Å². The van der Waals surface area contributed by atoms with Crippen LogP contribution in [-0.2, 0) is 24.2 Å². The first-order valence-corrected chi connectivity index (χ1v) is 9.15.